The fourth-order valence-electron chi connectivity index (χ4n) is 4.18. The van der Waals surface area contributed by atoms with E-state index >= 15 is 0 Å². The minimum atomic E-state index is -0.563. The van der Waals surface area contributed by atoms with Crippen LogP contribution in [-0.4, -0.2) is 34.0 Å². The fraction of sp³-hybridized carbons (Fsp3) is 0.600. The number of nitrogens with one attached hydrogen (secondary N) is 1. The first-order valence-electron chi connectivity index (χ1n) is 9.23. The number of aliphatic hydroxyl groups excluding tert-OH is 1. The summed E-state index contributed by atoms with van der Waals surface area (Å²) in [5, 5.41) is 13.9. The average molecular weight is 345 g/mol. The van der Waals surface area contributed by atoms with Crippen LogP contribution in [0.4, 0.5) is 5.82 Å². The summed E-state index contributed by atoms with van der Waals surface area (Å²) in [6, 6.07) is 3.75. The zero-order valence-electron chi connectivity index (χ0n) is 15.8. The van der Waals surface area contributed by atoms with Crippen LogP contribution in [0.15, 0.2) is 35.6 Å². The number of likely N-dealkylation sites (N-methyl/N-ethyl adjacent to an activating group) is 1. The van der Waals surface area contributed by atoms with Crippen molar-refractivity contribution in [2.75, 3.05) is 18.9 Å². The summed E-state index contributed by atoms with van der Waals surface area (Å²) in [7, 11) is 0. The van der Waals surface area contributed by atoms with Crippen molar-refractivity contribution in [3.05, 3.63) is 41.3 Å². The van der Waals surface area contributed by atoms with Crippen molar-refractivity contribution in [3.8, 4) is 0 Å². The van der Waals surface area contributed by atoms with E-state index in [0.717, 1.165) is 30.7 Å². The molecule has 0 spiro atoms. The molecule has 138 valence electrons. The Bertz CT molecular complexity index is 680. The lowest BCUT2D eigenvalue weighted by Gasteiger charge is -2.47. The van der Waals surface area contributed by atoms with Gasteiger partial charge in [0.15, 0.2) is 0 Å². The summed E-state index contributed by atoms with van der Waals surface area (Å²) in [4.78, 5) is 0. The molecule has 4 N–H and O–H groups in total. The second-order valence-electron chi connectivity index (χ2n) is 7.71. The molecule has 1 aromatic heterocycles. The maximum Gasteiger partial charge on any atom is 0.116 e. The van der Waals surface area contributed by atoms with Crippen molar-refractivity contribution >= 4 is 5.82 Å². The minimum Gasteiger partial charge on any atom is -0.508 e. The second kappa shape index (κ2) is 6.54. The number of aliphatic hydroxyl groups is 1. The molecule has 0 saturated heterocycles. The molecule has 0 radical (unpaired) electrons. The Morgan fingerprint density at radius 1 is 1.36 bits per heavy atom. The number of aromatic nitrogens is 1. The number of allylic oxidation sites excluding steroid dienone is 1. The normalized spacial score (nSPS) is 28.2. The molecular formula is C20H31N3O2. The maximum atomic E-state index is 10.3. The van der Waals surface area contributed by atoms with Crippen LogP contribution in [0.5, 0.6) is 0 Å². The lowest BCUT2D eigenvalue weighted by atomic mass is 9.77. The Morgan fingerprint density at radius 2 is 2.08 bits per heavy atom. The van der Waals surface area contributed by atoms with Crippen molar-refractivity contribution in [1.29, 1.82) is 0 Å². The number of aryl methyl sites for hydroxylation is 1. The number of nitrogens with two attached hydrogens (primary N) is 1. The summed E-state index contributed by atoms with van der Waals surface area (Å²) >= 11 is 0. The highest BCUT2D eigenvalue weighted by Crippen LogP contribution is 2.43. The first-order chi connectivity index (χ1) is 11.8. The van der Waals surface area contributed by atoms with Gasteiger partial charge in [-0.1, -0.05) is 6.92 Å². The van der Waals surface area contributed by atoms with E-state index in [1.54, 1.807) is 6.08 Å². The van der Waals surface area contributed by atoms with Gasteiger partial charge in [-0.25, -0.2) is 0 Å². The number of anilines is 1. The lowest BCUT2D eigenvalue weighted by Crippen LogP contribution is -2.56. The summed E-state index contributed by atoms with van der Waals surface area (Å²) in [6.45, 7) is 9.81. The highest BCUT2D eigenvalue weighted by atomic mass is 16.5. The molecule has 1 aromatic rings. The van der Waals surface area contributed by atoms with E-state index in [9.17, 15) is 5.11 Å². The molecular weight excluding hydrogens is 314 g/mol. The van der Waals surface area contributed by atoms with Gasteiger partial charge < -0.3 is 25.5 Å². The molecule has 3 rings (SSSR count). The van der Waals surface area contributed by atoms with E-state index in [2.05, 4.69) is 23.7 Å². The van der Waals surface area contributed by atoms with E-state index in [1.807, 2.05) is 32.1 Å². The van der Waals surface area contributed by atoms with Gasteiger partial charge in [-0.05, 0) is 76.4 Å². The van der Waals surface area contributed by atoms with Crippen LogP contribution < -0.4 is 11.1 Å². The Morgan fingerprint density at radius 3 is 2.60 bits per heavy atom. The summed E-state index contributed by atoms with van der Waals surface area (Å²) in [5.74, 6) is 0.980. The lowest BCUT2D eigenvalue weighted by molar-refractivity contribution is -0.0702. The van der Waals surface area contributed by atoms with E-state index < -0.39 is 5.60 Å². The SMILES string of the molecule is CCNC1(COC2(C)C=CC(O)=C(C)C2n2c(C)ccc2N)CCC1. The summed E-state index contributed by atoms with van der Waals surface area (Å²) < 4.78 is 8.59. The van der Waals surface area contributed by atoms with E-state index in [4.69, 9.17) is 10.5 Å². The van der Waals surface area contributed by atoms with Crippen LogP contribution in [-0.2, 0) is 4.74 Å². The van der Waals surface area contributed by atoms with Crippen LogP contribution in [0.3, 0.4) is 0 Å². The van der Waals surface area contributed by atoms with Gasteiger partial charge in [-0.15, -0.1) is 0 Å². The summed E-state index contributed by atoms with van der Waals surface area (Å²) in [6.07, 6.45) is 7.26. The van der Waals surface area contributed by atoms with Crippen molar-refractivity contribution in [1.82, 2.24) is 9.88 Å². The molecule has 1 heterocycles. The number of hydrogen-bond acceptors (Lipinski definition) is 4. The third kappa shape index (κ3) is 3.11. The predicted molar refractivity (Wildman–Crippen MR) is 102 cm³/mol. The van der Waals surface area contributed by atoms with E-state index in [1.165, 1.54) is 6.42 Å². The van der Waals surface area contributed by atoms with Gasteiger partial charge in [0, 0.05) is 11.2 Å². The average Bonchev–Trinajstić information content (AvgIpc) is 2.86. The molecule has 2 unspecified atom stereocenters. The molecule has 2 aliphatic rings. The van der Waals surface area contributed by atoms with Crippen molar-refractivity contribution in [2.24, 2.45) is 0 Å². The molecule has 0 amide bonds. The molecule has 0 aromatic carbocycles. The number of ether oxygens (including phenoxy) is 1. The molecule has 25 heavy (non-hydrogen) atoms. The number of rotatable bonds is 6. The third-order valence-electron chi connectivity index (χ3n) is 5.86. The van der Waals surface area contributed by atoms with Gasteiger partial charge in [0.05, 0.1) is 12.6 Å². The largest absolute Gasteiger partial charge is 0.508 e. The van der Waals surface area contributed by atoms with E-state index in [0.29, 0.717) is 18.2 Å². The van der Waals surface area contributed by atoms with Gasteiger partial charge >= 0.3 is 0 Å². The van der Waals surface area contributed by atoms with Crippen molar-refractivity contribution < 1.29 is 9.84 Å². The van der Waals surface area contributed by atoms with Gasteiger partial charge in [0.25, 0.3) is 0 Å². The zero-order valence-corrected chi connectivity index (χ0v) is 15.8. The first-order valence-corrected chi connectivity index (χ1v) is 9.23. The quantitative estimate of drug-likeness (QED) is 0.736. The Hall–Kier alpha value is -1.72. The highest BCUT2D eigenvalue weighted by Gasteiger charge is 2.44. The Labute approximate surface area is 150 Å². The molecule has 1 fully saturated rings. The van der Waals surface area contributed by atoms with Gasteiger partial charge in [-0.3, -0.25) is 0 Å². The highest BCUT2D eigenvalue weighted by molar-refractivity contribution is 5.42. The molecule has 0 bridgehead atoms. The Balaban J connectivity index is 1.91. The maximum absolute atomic E-state index is 10.3. The molecule has 2 aliphatic carbocycles. The van der Waals surface area contributed by atoms with Gasteiger partial charge in [-0.2, -0.15) is 0 Å². The second-order valence-corrected chi connectivity index (χ2v) is 7.71. The predicted octanol–water partition coefficient (Wildman–Crippen LogP) is 3.63. The van der Waals surface area contributed by atoms with Gasteiger partial charge in [0.2, 0.25) is 0 Å². The monoisotopic (exact) mass is 345 g/mol. The van der Waals surface area contributed by atoms with Crippen LogP contribution in [0, 0.1) is 6.92 Å². The van der Waals surface area contributed by atoms with Gasteiger partial charge in [0.1, 0.15) is 17.2 Å². The number of nitrogen functional groups attached to an aromatic ring is 1. The van der Waals surface area contributed by atoms with Crippen LogP contribution in [0.25, 0.3) is 0 Å². The van der Waals surface area contributed by atoms with Crippen LogP contribution >= 0.6 is 0 Å². The van der Waals surface area contributed by atoms with Crippen molar-refractivity contribution in [3.63, 3.8) is 0 Å². The smallest absolute Gasteiger partial charge is 0.116 e. The van der Waals surface area contributed by atoms with E-state index in [-0.39, 0.29) is 11.6 Å². The summed E-state index contributed by atoms with van der Waals surface area (Å²) in [5.41, 5.74) is 7.70. The Kier molecular flexibility index (Phi) is 4.73. The van der Waals surface area contributed by atoms with Crippen LogP contribution in [0.2, 0.25) is 0 Å². The molecule has 5 nitrogen and oxygen atoms in total. The first kappa shape index (κ1) is 18.1. The topological polar surface area (TPSA) is 72.4 Å². The zero-order chi connectivity index (χ0) is 18.2. The van der Waals surface area contributed by atoms with Crippen LogP contribution in [0.1, 0.15) is 51.8 Å². The number of nitrogens with zero attached hydrogens (tertiary/aromatic N) is 1. The molecule has 1 saturated carbocycles. The molecule has 2 atom stereocenters. The minimum absolute atomic E-state index is 0.0878. The number of hydrogen-bond donors (Lipinski definition) is 3. The van der Waals surface area contributed by atoms with Crippen molar-refractivity contribution in [2.45, 2.75) is 64.1 Å². The standard InChI is InChI=1S/C20H31N3O2/c1-5-22-20(10-6-11-20)13-25-19(4)12-9-16(24)15(3)18(19)23-14(2)7-8-17(23)21/h7-9,12,18,22,24H,5-6,10-11,13,21H2,1-4H3. The third-order valence-corrected chi connectivity index (χ3v) is 5.86. The fourth-order valence-corrected chi connectivity index (χ4v) is 4.18. The molecule has 0 aliphatic heterocycles. The molecule has 5 heteroatoms.